The topological polar surface area (TPSA) is 18.5 Å². The number of fused-ring (bicyclic) bond motifs is 1. The number of allylic oxidation sites excluding steroid dienone is 5. The molecule has 1 aromatic rings. The third kappa shape index (κ3) is 4.70. The molecule has 0 saturated carbocycles. The molecule has 0 unspecified atom stereocenters. The lowest BCUT2D eigenvalue weighted by Gasteiger charge is -2.51. The van der Waals surface area contributed by atoms with Crippen molar-refractivity contribution in [1.82, 2.24) is 5.32 Å². The Morgan fingerprint density at radius 2 is 1.93 bits per heavy atom. The van der Waals surface area contributed by atoms with E-state index >= 15 is 0 Å². The van der Waals surface area contributed by atoms with Crippen molar-refractivity contribution in [2.45, 2.75) is 59.4 Å². The van der Waals surface area contributed by atoms with Gasteiger partial charge in [-0.2, -0.15) is 0 Å². The van der Waals surface area contributed by atoms with E-state index in [0.717, 1.165) is 42.9 Å². The molecule has 1 heterocycles. The Balaban J connectivity index is 2.50. The largest absolute Gasteiger partial charge is 0.371 e. The maximum atomic E-state index is 4.43. The Labute approximate surface area is 172 Å². The Morgan fingerprint density at radius 1 is 1.21 bits per heavy atom. The van der Waals surface area contributed by atoms with Crippen LogP contribution in [0.3, 0.4) is 0 Å². The minimum atomic E-state index is -0.0339. The van der Waals surface area contributed by atoms with Crippen LogP contribution in [0.4, 0.5) is 11.4 Å². The van der Waals surface area contributed by atoms with Crippen LogP contribution in [-0.4, -0.2) is 19.1 Å². The molecular formula is C25H37N3. The number of nitrogens with one attached hydrogen (secondary N) is 1. The van der Waals surface area contributed by atoms with E-state index < -0.39 is 0 Å². The van der Waals surface area contributed by atoms with Crippen LogP contribution in [0.2, 0.25) is 0 Å². The number of benzene rings is 1. The average molecular weight is 380 g/mol. The van der Waals surface area contributed by atoms with Crippen LogP contribution in [0.5, 0.6) is 0 Å². The first-order chi connectivity index (χ1) is 13.2. The van der Waals surface area contributed by atoms with E-state index in [0.29, 0.717) is 0 Å². The Morgan fingerprint density at radius 3 is 2.54 bits per heavy atom. The molecule has 0 amide bonds. The summed E-state index contributed by atoms with van der Waals surface area (Å²) >= 11 is 0. The molecule has 0 aliphatic carbocycles. The van der Waals surface area contributed by atoms with E-state index in [1.165, 1.54) is 16.9 Å². The van der Waals surface area contributed by atoms with Crippen LogP contribution in [0.1, 0.15) is 59.4 Å². The monoisotopic (exact) mass is 379 g/mol. The van der Waals surface area contributed by atoms with Gasteiger partial charge in [-0.05, 0) is 57.4 Å². The van der Waals surface area contributed by atoms with Crippen LogP contribution < -0.4 is 15.1 Å². The van der Waals surface area contributed by atoms with E-state index in [1.54, 1.807) is 0 Å². The first kappa shape index (κ1) is 21.9. The Hall–Kier alpha value is -2.42. The van der Waals surface area contributed by atoms with Gasteiger partial charge in [0.15, 0.2) is 0 Å². The fourth-order valence-corrected chi connectivity index (χ4v) is 4.12. The van der Waals surface area contributed by atoms with Gasteiger partial charge >= 0.3 is 0 Å². The normalized spacial score (nSPS) is 19.7. The Bertz CT molecular complexity index is 787. The summed E-state index contributed by atoms with van der Waals surface area (Å²) in [4.78, 5) is 4.77. The zero-order valence-corrected chi connectivity index (χ0v) is 18.6. The predicted molar refractivity (Wildman–Crippen MR) is 126 cm³/mol. The third-order valence-corrected chi connectivity index (χ3v) is 5.36. The van der Waals surface area contributed by atoms with Crippen LogP contribution in [0, 0.1) is 0 Å². The maximum Gasteiger partial charge on any atom is 0.103 e. The summed E-state index contributed by atoms with van der Waals surface area (Å²) in [5, 5.41) is 3.53. The first-order valence-electron chi connectivity index (χ1n) is 10.3. The molecule has 0 spiro atoms. The van der Waals surface area contributed by atoms with Gasteiger partial charge in [0.1, 0.15) is 5.82 Å². The van der Waals surface area contributed by atoms with Crippen molar-refractivity contribution in [3.05, 3.63) is 66.7 Å². The van der Waals surface area contributed by atoms with E-state index in [2.05, 4.69) is 106 Å². The van der Waals surface area contributed by atoms with Gasteiger partial charge < -0.3 is 15.1 Å². The molecule has 0 aromatic heterocycles. The summed E-state index contributed by atoms with van der Waals surface area (Å²) in [6, 6.07) is 6.62. The third-order valence-electron chi connectivity index (χ3n) is 5.36. The highest BCUT2D eigenvalue weighted by Gasteiger charge is 2.40. The summed E-state index contributed by atoms with van der Waals surface area (Å²) in [5.74, 6) is 0.919. The highest BCUT2D eigenvalue weighted by Crippen LogP contribution is 2.43. The van der Waals surface area contributed by atoms with E-state index in [4.69, 9.17) is 0 Å². The van der Waals surface area contributed by atoms with Gasteiger partial charge in [0.25, 0.3) is 0 Å². The van der Waals surface area contributed by atoms with Crippen LogP contribution in [0.25, 0.3) is 5.57 Å². The molecule has 0 radical (unpaired) electrons. The lowest BCUT2D eigenvalue weighted by molar-refractivity contribution is 0.395. The fourth-order valence-electron chi connectivity index (χ4n) is 4.12. The molecule has 1 aromatic carbocycles. The van der Waals surface area contributed by atoms with Gasteiger partial charge in [-0.15, -0.1) is 0 Å². The smallest absolute Gasteiger partial charge is 0.103 e. The molecule has 152 valence electrons. The van der Waals surface area contributed by atoms with Gasteiger partial charge in [0, 0.05) is 19.3 Å². The van der Waals surface area contributed by atoms with Crippen molar-refractivity contribution in [2.24, 2.45) is 0 Å². The van der Waals surface area contributed by atoms with Gasteiger partial charge in [0.2, 0.25) is 0 Å². The van der Waals surface area contributed by atoms with Crippen molar-refractivity contribution in [3.8, 4) is 0 Å². The quantitative estimate of drug-likeness (QED) is 0.523. The minimum Gasteiger partial charge on any atom is -0.371 e. The van der Waals surface area contributed by atoms with Gasteiger partial charge in [0.05, 0.1) is 16.9 Å². The van der Waals surface area contributed by atoms with Crippen molar-refractivity contribution in [1.29, 1.82) is 0 Å². The molecule has 0 saturated heterocycles. The summed E-state index contributed by atoms with van der Waals surface area (Å²) in [5.41, 5.74) is 5.73. The zero-order chi connectivity index (χ0) is 20.9. The lowest BCUT2D eigenvalue weighted by atomic mass is 9.88. The fraction of sp³-hybridized carbons (Fsp3) is 0.440. The van der Waals surface area contributed by atoms with Crippen LogP contribution in [0.15, 0.2) is 61.1 Å². The molecule has 3 nitrogen and oxygen atoms in total. The molecule has 1 aliphatic heterocycles. The predicted octanol–water partition coefficient (Wildman–Crippen LogP) is 6.47. The number of hydrogen-bond acceptors (Lipinski definition) is 3. The molecule has 3 heteroatoms. The molecule has 1 atom stereocenters. The Kier molecular flexibility index (Phi) is 7.17. The second-order valence-corrected chi connectivity index (χ2v) is 8.18. The molecule has 0 fully saturated rings. The number of likely N-dealkylation sites (N-methyl/N-ethyl adjacent to an activating group) is 1. The number of hydrogen-bond donors (Lipinski definition) is 1. The van der Waals surface area contributed by atoms with E-state index in [1.807, 2.05) is 0 Å². The second-order valence-electron chi connectivity index (χ2n) is 8.18. The first-order valence-corrected chi connectivity index (χ1v) is 10.3. The molecule has 28 heavy (non-hydrogen) atoms. The maximum absolute atomic E-state index is 4.43. The average Bonchev–Trinajstić information content (AvgIpc) is 2.61. The lowest BCUT2D eigenvalue weighted by Crippen LogP contribution is -2.58. The van der Waals surface area contributed by atoms with Crippen molar-refractivity contribution in [2.75, 3.05) is 23.4 Å². The molecule has 1 N–H and O–H groups in total. The highest BCUT2D eigenvalue weighted by molar-refractivity contribution is 5.81. The molecule has 1 aliphatic rings. The second kappa shape index (κ2) is 9.18. The number of rotatable bonds is 8. The van der Waals surface area contributed by atoms with E-state index in [-0.39, 0.29) is 5.54 Å². The van der Waals surface area contributed by atoms with Crippen molar-refractivity contribution in [3.63, 3.8) is 0 Å². The SMILES string of the molecule is C=C(C)c1ccc2c(c1)N(C(=C)N/C(C)=C/C=C\CC)[C@@](C)(CCC)CN2C. The van der Waals surface area contributed by atoms with Gasteiger partial charge in [-0.3, -0.25) is 0 Å². The zero-order valence-electron chi connectivity index (χ0n) is 18.6. The summed E-state index contributed by atoms with van der Waals surface area (Å²) in [7, 11) is 2.18. The number of nitrogens with zero attached hydrogens (tertiary/aromatic N) is 2. The summed E-state index contributed by atoms with van der Waals surface area (Å²) < 4.78 is 0. The minimum absolute atomic E-state index is 0.0339. The number of anilines is 2. The molecule has 0 bridgehead atoms. The van der Waals surface area contributed by atoms with Crippen molar-refractivity contribution >= 4 is 16.9 Å². The molecular weight excluding hydrogens is 342 g/mol. The van der Waals surface area contributed by atoms with Crippen molar-refractivity contribution < 1.29 is 0 Å². The van der Waals surface area contributed by atoms with Gasteiger partial charge in [-0.25, -0.2) is 0 Å². The van der Waals surface area contributed by atoms with E-state index in [9.17, 15) is 0 Å². The van der Waals surface area contributed by atoms with Crippen LogP contribution >= 0.6 is 0 Å². The van der Waals surface area contributed by atoms with Gasteiger partial charge in [-0.1, -0.05) is 57.2 Å². The van der Waals surface area contributed by atoms with Crippen LogP contribution in [-0.2, 0) is 0 Å². The highest BCUT2D eigenvalue weighted by atomic mass is 15.4. The summed E-state index contributed by atoms with van der Waals surface area (Å²) in [6.45, 7) is 20.4. The summed E-state index contributed by atoms with van der Waals surface area (Å²) in [6.07, 6.45) is 9.60. The molecule has 2 rings (SSSR count). The standard InChI is InChI=1S/C25H37N3/c1-9-11-12-13-20(5)26-21(6)28-24-17-22(19(3)4)14-15-23(24)27(8)18-25(28,7)16-10-2/h11-15,17,26H,3,6,9-10,16,18H2,1-2,4-5,7-8H3/b12-11-,20-13+/t25-/m0/s1.